The predicted molar refractivity (Wildman–Crippen MR) is 89.8 cm³/mol. The molecule has 0 aromatic rings. The molecule has 1 saturated carbocycles. The lowest BCUT2D eigenvalue weighted by molar-refractivity contribution is -0.132. The maximum absolute atomic E-state index is 12.6. The molecular formula is C18H28N4O2. The topological polar surface area (TPSA) is 89.2 Å². The van der Waals surface area contributed by atoms with Gasteiger partial charge in [0, 0.05) is 5.54 Å². The second kappa shape index (κ2) is 7.51. The first kappa shape index (κ1) is 18.7. The van der Waals surface area contributed by atoms with E-state index in [-0.39, 0.29) is 23.6 Å². The third-order valence-corrected chi connectivity index (χ3v) is 4.93. The largest absolute Gasteiger partial charge is 0.374 e. The Bertz CT molecular complexity index is 513. The van der Waals surface area contributed by atoms with Gasteiger partial charge in [0.15, 0.2) is 0 Å². The Kier molecular flexibility index (Phi) is 5.85. The summed E-state index contributed by atoms with van der Waals surface area (Å²) in [6.45, 7) is 6.82. The molecule has 0 bridgehead atoms. The van der Waals surface area contributed by atoms with Crippen molar-refractivity contribution in [3.63, 3.8) is 0 Å². The van der Waals surface area contributed by atoms with Crippen molar-refractivity contribution in [2.75, 3.05) is 13.2 Å². The van der Waals surface area contributed by atoms with Crippen LogP contribution in [0.5, 0.6) is 0 Å². The number of ether oxygens (including phenoxy) is 1. The maximum Gasteiger partial charge on any atom is 0.238 e. The molecule has 0 unspecified atom stereocenters. The highest BCUT2D eigenvalue weighted by Gasteiger charge is 2.39. The van der Waals surface area contributed by atoms with Crippen LogP contribution in [0.3, 0.4) is 0 Å². The van der Waals surface area contributed by atoms with Crippen molar-refractivity contribution < 1.29 is 9.53 Å². The summed E-state index contributed by atoms with van der Waals surface area (Å²) in [6.07, 6.45) is 5.39. The Morgan fingerprint density at radius 1 is 1.21 bits per heavy atom. The van der Waals surface area contributed by atoms with Crippen LogP contribution >= 0.6 is 0 Å². The summed E-state index contributed by atoms with van der Waals surface area (Å²) in [4.78, 5) is 14.1. The van der Waals surface area contributed by atoms with Crippen molar-refractivity contribution in [1.29, 1.82) is 10.5 Å². The average Bonchev–Trinajstić information content (AvgIpc) is 3.17. The third kappa shape index (κ3) is 4.47. The zero-order valence-electron chi connectivity index (χ0n) is 15.0. The molecule has 24 heavy (non-hydrogen) atoms. The molecular weight excluding hydrogens is 304 g/mol. The molecule has 1 heterocycles. The van der Waals surface area contributed by atoms with Crippen molar-refractivity contribution >= 4 is 5.91 Å². The number of nitrogens with one attached hydrogen (secondary N) is 1. The molecule has 2 atom stereocenters. The van der Waals surface area contributed by atoms with Gasteiger partial charge in [-0.25, -0.2) is 0 Å². The lowest BCUT2D eigenvalue weighted by atomic mass is 9.98. The van der Waals surface area contributed by atoms with Gasteiger partial charge in [0.2, 0.25) is 5.91 Å². The standard InChI is InChI=1S/C18H28N4O2/c1-17(2,3)24-13-18(8-4-5-9-18)21-12-16(23)22-14(10-19)6-7-15(22)11-20/h14-15,21H,4-9,12-13H2,1-3H3/t14-,15+. The third-order valence-electron chi connectivity index (χ3n) is 4.93. The highest BCUT2D eigenvalue weighted by Crippen LogP contribution is 2.31. The molecule has 2 rings (SSSR count). The molecule has 1 aliphatic heterocycles. The van der Waals surface area contributed by atoms with Crippen molar-refractivity contribution in [2.24, 2.45) is 0 Å². The van der Waals surface area contributed by atoms with E-state index in [1.165, 1.54) is 4.90 Å². The van der Waals surface area contributed by atoms with E-state index in [4.69, 9.17) is 4.74 Å². The zero-order valence-corrected chi connectivity index (χ0v) is 15.0. The van der Waals surface area contributed by atoms with E-state index in [0.717, 1.165) is 25.7 Å². The summed E-state index contributed by atoms with van der Waals surface area (Å²) in [5.41, 5.74) is -0.388. The molecule has 1 saturated heterocycles. The van der Waals surface area contributed by atoms with Gasteiger partial charge < -0.3 is 15.0 Å². The Labute approximate surface area is 144 Å². The van der Waals surface area contributed by atoms with Crippen molar-refractivity contribution in [3.8, 4) is 12.1 Å². The highest BCUT2D eigenvalue weighted by atomic mass is 16.5. The zero-order chi connectivity index (χ0) is 17.8. The number of hydrogen-bond acceptors (Lipinski definition) is 5. The van der Waals surface area contributed by atoms with E-state index in [2.05, 4.69) is 17.5 Å². The molecule has 0 radical (unpaired) electrons. The van der Waals surface area contributed by atoms with E-state index < -0.39 is 12.1 Å². The van der Waals surface area contributed by atoms with Gasteiger partial charge in [-0.2, -0.15) is 10.5 Å². The average molecular weight is 332 g/mol. The fourth-order valence-electron chi connectivity index (χ4n) is 3.55. The molecule has 2 fully saturated rings. The minimum absolute atomic E-state index is 0.157. The predicted octanol–water partition coefficient (Wildman–Crippen LogP) is 2.11. The Morgan fingerprint density at radius 3 is 2.21 bits per heavy atom. The van der Waals surface area contributed by atoms with Gasteiger partial charge in [-0.05, 0) is 46.5 Å². The fraction of sp³-hybridized carbons (Fsp3) is 0.833. The quantitative estimate of drug-likeness (QED) is 0.833. The number of rotatable bonds is 5. The van der Waals surface area contributed by atoms with Crippen LogP contribution in [0.1, 0.15) is 59.3 Å². The van der Waals surface area contributed by atoms with E-state index in [9.17, 15) is 15.3 Å². The van der Waals surface area contributed by atoms with Crippen LogP contribution in [0.4, 0.5) is 0 Å². The van der Waals surface area contributed by atoms with E-state index in [1.807, 2.05) is 20.8 Å². The lowest BCUT2D eigenvalue weighted by Crippen LogP contribution is -2.53. The van der Waals surface area contributed by atoms with Gasteiger partial charge in [0.25, 0.3) is 0 Å². The maximum atomic E-state index is 12.6. The molecule has 132 valence electrons. The lowest BCUT2D eigenvalue weighted by Gasteiger charge is -2.34. The number of carbonyl (C=O) groups is 1. The summed E-state index contributed by atoms with van der Waals surface area (Å²) >= 11 is 0. The smallest absolute Gasteiger partial charge is 0.238 e. The Hall–Kier alpha value is -1.63. The second-order valence-electron chi connectivity index (χ2n) is 7.91. The summed E-state index contributed by atoms with van der Waals surface area (Å²) < 4.78 is 5.97. The molecule has 1 aliphatic carbocycles. The SMILES string of the molecule is CC(C)(C)OCC1(NCC(=O)N2[C@H](C#N)CC[C@@H]2C#N)CCCC1. The molecule has 6 heteroatoms. The Morgan fingerprint density at radius 2 is 1.75 bits per heavy atom. The normalized spacial score (nSPS) is 26.1. The van der Waals surface area contributed by atoms with Gasteiger partial charge in [-0.15, -0.1) is 0 Å². The van der Waals surface area contributed by atoms with E-state index in [1.54, 1.807) is 0 Å². The molecule has 2 aliphatic rings. The van der Waals surface area contributed by atoms with Crippen LogP contribution < -0.4 is 5.32 Å². The van der Waals surface area contributed by atoms with Crippen molar-refractivity contribution in [2.45, 2.75) is 82.5 Å². The minimum Gasteiger partial charge on any atom is -0.374 e. The number of amides is 1. The summed E-state index contributed by atoms with van der Waals surface area (Å²) in [5.74, 6) is -0.160. The monoisotopic (exact) mass is 332 g/mol. The molecule has 1 amide bonds. The number of nitrogens with zero attached hydrogens (tertiary/aromatic N) is 3. The van der Waals surface area contributed by atoms with E-state index >= 15 is 0 Å². The van der Waals surface area contributed by atoms with Crippen molar-refractivity contribution in [1.82, 2.24) is 10.2 Å². The Balaban J connectivity index is 1.97. The van der Waals surface area contributed by atoms with Crippen LogP contribution in [-0.4, -0.2) is 47.2 Å². The molecule has 1 N–H and O–H groups in total. The van der Waals surface area contributed by atoms with Crippen LogP contribution in [0.15, 0.2) is 0 Å². The van der Waals surface area contributed by atoms with Gasteiger partial charge in [-0.1, -0.05) is 12.8 Å². The van der Waals surface area contributed by atoms with Crippen molar-refractivity contribution in [3.05, 3.63) is 0 Å². The molecule has 6 nitrogen and oxygen atoms in total. The number of nitriles is 2. The van der Waals surface area contributed by atoms with Gasteiger partial charge in [0.05, 0.1) is 30.9 Å². The number of hydrogen-bond donors (Lipinski definition) is 1. The van der Waals surface area contributed by atoms with Gasteiger partial charge >= 0.3 is 0 Å². The highest BCUT2D eigenvalue weighted by molar-refractivity contribution is 5.80. The summed E-state index contributed by atoms with van der Waals surface area (Å²) in [7, 11) is 0. The second-order valence-corrected chi connectivity index (χ2v) is 7.91. The van der Waals surface area contributed by atoms with Crippen LogP contribution in [0.25, 0.3) is 0 Å². The first-order chi connectivity index (χ1) is 11.3. The fourth-order valence-corrected chi connectivity index (χ4v) is 3.55. The van der Waals surface area contributed by atoms with Gasteiger partial charge in [-0.3, -0.25) is 4.79 Å². The minimum atomic E-state index is -0.477. The summed E-state index contributed by atoms with van der Waals surface area (Å²) in [6, 6.07) is 3.33. The van der Waals surface area contributed by atoms with Crippen LogP contribution in [-0.2, 0) is 9.53 Å². The van der Waals surface area contributed by atoms with E-state index in [0.29, 0.717) is 19.4 Å². The van der Waals surface area contributed by atoms with Crippen LogP contribution in [0.2, 0.25) is 0 Å². The molecule has 0 aromatic carbocycles. The number of carbonyl (C=O) groups excluding carboxylic acids is 1. The first-order valence-corrected chi connectivity index (χ1v) is 8.80. The molecule has 0 aromatic heterocycles. The molecule has 0 spiro atoms. The first-order valence-electron chi connectivity index (χ1n) is 8.80. The van der Waals surface area contributed by atoms with Gasteiger partial charge in [0.1, 0.15) is 12.1 Å². The van der Waals surface area contributed by atoms with Crippen LogP contribution in [0, 0.1) is 22.7 Å². The number of likely N-dealkylation sites (tertiary alicyclic amines) is 1. The summed E-state index contributed by atoms with van der Waals surface area (Å²) in [5, 5.41) is 21.8.